The summed E-state index contributed by atoms with van der Waals surface area (Å²) in [5.74, 6) is -1.38. The van der Waals surface area contributed by atoms with E-state index in [1.165, 1.54) is 25.1 Å². The Morgan fingerprint density at radius 2 is 1.74 bits per heavy atom. The number of aryl methyl sites for hydroxylation is 1. The molecule has 0 aliphatic heterocycles. The molecule has 0 bridgehead atoms. The Labute approximate surface area is 151 Å². The summed E-state index contributed by atoms with van der Waals surface area (Å²) in [5, 5.41) is 17.4. The van der Waals surface area contributed by atoms with Gasteiger partial charge < -0.3 is 0 Å². The maximum Gasteiger partial charge on any atom is 0.290 e. The van der Waals surface area contributed by atoms with E-state index < -0.39 is 22.3 Å². The number of nitro groups is 1. The minimum Gasteiger partial charge on any atom is -0.267 e. The maximum absolute atomic E-state index is 12.3. The van der Waals surface area contributed by atoms with Gasteiger partial charge in [-0.25, -0.2) is 5.10 Å². The summed E-state index contributed by atoms with van der Waals surface area (Å²) in [4.78, 5) is 46.5. The summed E-state index contributed by atoms with van der Waals surface area (Å²) in [6.07, 6.45) is 0. The van der Waals surface area contributed by atoms with Gasteiger partial charge in [-0.15, -0.1) is 0 Å². The van der Waals surface area contributed by atoms with E-state index in [2.05, 4.69) is 21.0 Å². The fraction of sp³-hybridized carbons (Fsp3) is 0.0588. The van der Waals surface area contributed by atoms with E-state index in [1.54, 1.807) is 24.3 Å². The predicted octanol–water partition coefficient (Wildman–Crippen LogP) is 1.21. The minimum atomic E-state index is -0.727. The zero-order valence-corrected chi connectivity index (χ0v) is 14.0. The van der Waals surface area contributed by atoms with Crippen LogP contribution in [0.2, 0.25) is 0 Å². The van der Waals surface area contributed by atoms with Crippen molar-refractivity contribution < 1.29 is 14.5 Å². The van der Waals surface area contributed by atoms with E-state index in [4.69, 9.17) is 0 Å². The van der Waals surface area contributed by atoms with Gasteiger partial charge in [0.15, 0.2) is 5.69 Å². The van der Waals surface area contributed by atoms with Crippen molar-refractivity contribution in [2.24, 2.45) is 0 Å². The summed E-state index contributed by atoms with van der Waals surface area (Å²) in [6, 6.07) is 10.2. The molecular formula is C17H13N5O5. The quantitative estimate of drug-likeness (QED) is 0.468. The van der Waals surface area contributed by atoms with Crippen LogP contribution in [0.25, 0.3) is 10.8 Å². The van der Waals surface area contributed by atoms with Crippen molar-refractivity contribution in [1.82, 2.24) is 21.0 Å². The van der Waals surface area contributed by atoms with E-state index in [1.807, 2.05) is 0 Å². The van der Waals surface area contributed by atoms with Crippen molar-refractivity contribution in [3.63, 3.8) is 0 Å². The SMILES string of the molecule is Cc1cc(C(=O)NNC(=O)c2n[nH]c(=O)c3ccccc23)ccc1[N+](=O)[O-]. The Balaban J connectivity index is 1.77. The van der Waals surface area contributed by atoms with Crippen LogP contribution in [-0.2, 0) is 0 Å². The third kappa shape index (κ3) is 3.49. The van der Waals surface area contributed by atoms with Gasteiger partial charge in [0.2, 0.25) is 0 Å². The second-order valence-corrected chi connectivity index (χ2v) is 5.61. The first-order valence-corrected chi connectivity index (χ1v) is 7.71. The smallest absolute Gasteiger partial charge is 0.267 e. The molecule has 2 amide bonds. The highest BCUT2D eigenvalue weighted by molar-refractivity contribution is 6.06. The van der Waals surface area contributed by atoms with E-state index >= 15 is 0 Å². The molecule has 0 atom stereocenters. The summed E-state index contributed by atoms with van der Waals surface area (Å²) in [7, 11) is 0. The first kappa shape index (κ1) is 17.7. The lowest BCUT2D eigenvalue weighted by Gasteiger charge is -2.09. The number of aromatic amines is 1. The molecule has 3 N–H and O–H groups in total. The molecule has 10 nitrogen and oxygen atoms in total. The predicted molar refractivity (Wildman–Crippen MR) is 95.1 cm³/mol. The summed E-state index contributed by atoms with van der Waals surface area (Å²) in [6.45, 7) is 1.50. The molecule has 3 rings (SSSR count). The number of carbonyl (C=O) groups excluding carboxylic acids is 2. The van der Waals surface area contributed by atoms with Gasteiger partial charge >= 0.3 is 0 Å². The lowest BCUT2D eigenvalue weighted by Crippen LogP contribution is -2.42. The van der Waals surface area contributed by atoms with Gasteiger partial charge in [-0.1, -0.05) is 18.2 Å². The molecule has 0 saturated heterocycles. The average molecular weight is 367 g/mol. The van der Waals surface area contributed by atoms with Gasteiger partial charge in [-0.3, -0.25) is 35.3 Å². The van der Waals surface area contributed by atoms with Gasteiger partial charge in [0, 0.05) is 22.6 Å². The fourth-order valence-electron chi connectivity index (χ4n) is 2.53. The van der Waals surface area contributed by atoms with Crippen molar-refractivity contribution in [1.29, 1.82) is 0 Å². The van der Waals surface area contributed by atoms with Crippen molar-refractivity contribution >= 4 is 28.3 Å². The Bertz CT molecular complexity index is 1140. The number of nitrogens with zero attached hydrogens (tertiary/aromatic N) is 2. The number of aromatic nitrogens is 2. The number of H-pyrrole nitrogens is 1. The molecule has 2 aromatic carbocycles. The molecule has 0 spiro atoms. The zero-order chi connectivity index (χ0) is 19.6. The number of fused-ring (bicyclic) bond motifs is 1. The molecule has 0 radical (unpaired) electrons. The molecule has 27 heavy (non-hydrogen) atoms. The number of hydrogen-bond acceptors (Lipinski definition) is 6. The molecular weight excluding hydrogens is 354 g/mol. The topological polar surface area (TPSA) is 147 Å². The molecule has 0 aliphatic rings. The highest BCUT2D eigenvalue weighted by Crippen LogP contribution is 2.18. The fourth-order valence-corrected chi connectivity index (χ4v) is 2.53. The van der Waals surface area contributed by atoms with Crippen LogP contribution in [0, 0.1) is 17.0 Å². The Kier molecular flexibility index (Phi) is 4.62. The van der Waals surface area contributed by atoms with Crippen LogP contribution >= 0.6 is 0 Å². The maximum atomic E-state index is 12.3. The highest BCUT2D eigenvalue weighted by Gasteiger charge is 2.17. The molecule has 0 unspecified atom stereocenters. The van der Waals surface area contributed by atoms with Crippen LogP contribution in [0.3, 0.4) is 0 Å². The van der Waals surface area contributed by atoms with Crippen LogP contribution in [0.15, 0.2) is 47.3 Å². The molecule has 0 saturated carbocycles. The monoisotopic (exact) mass is 367 g/mol. The lowest BCUT2D eigenvalue weighted by molar-refractivity contribution is -0.385. The van der Waals surface area contributed by atoms with Crippen molar-refractivity contribution in [3.05, 3.63) is 79.8 Å². The van der Waals surface area contributed by atoms with Crippen LogP contribution in [0.4, 0.5) is 5.69 Å². The van der Waals surface area contributed by atoms with E-state index in [9.17, 15) is 24.5 Å². The third-order valence-electron chi connectivity index (χ3n) is 3.86. The Hall–Kier alpha value is -4.08. The number of nitrogens with one attached hydrogen (secondary N) is 3. The average Bonchev–Trinajstić information content (AvgIpc) is 2.66. The molecule has 10 heteroatoms. The number of amides is 2. The second-order valence-electron chi connectivity index (χ2n) is 5.61. The molecule has 3 aromatic rings. The molecule has 1 heterocycles. The summed E-state index contributed by atoms with van der Waals surface area (Å²) < 4.78 is 0. The highest BCUT2D eigenvalue weighted by atomic mass is 16.6. The normalized spacial score (nSPS) is 10.4. The molecule has 0 fully saturated rings. The number of benzene rings is 2. The largest absolute Gasteiger partial charge is 0.290 e. The van der Waals surface area contributed by atoms with Crippen LogP contribution in [0.5, 0.6) is 0 Å². The van der Waals surface area contributed by atoms with Crippen LogP contribution in [0.1, 0.15) is 26.4 Å². The van der Waals surface area contributed by atoms with Crippen molar-refractivity contribution in [3.8, 4) is 0 Å². The second kappa shape index (κ2) is 7.04. The summed E-state index contributed by atoms with van der Waals surface area (Å²) in [5.41, 5.74) is 4.26. The van der Waals surface area contributed by atoms with E-state index in [0.717, 1.165) is 0 Å². The van der Waals surface area contributed by atoms with Crippen molar-refractivity contribution in [2.45, 2.75) is 6.92 Å². The zero-order valence-electron chi connectivity index (χ0n) is 14.0. The van der Waals surface area contributed by atoms with Gasteiger partial charge in [0.25, 0.3) is 23.1 Å². The Morgan fingerprint density at radius 3 is 2.41 bits per heavy atom. The number of hydrazine groups is 1. The van der Waals surface area contributed by atoms with Gasteiger partial charge in [0.05, 0.1) is 10.3 Å². The summed E-state index contributed by atoms with van der Waals surface area (Å²) >= 11 is 0. The van der Waals surface area contributed by atoms with E-state index in [0.29, 0.717) is 10.9 Å². The Morgan fingerprint density at radius 1 is 1.07 bits per heavy atom. The molecule has 0 aliphatic carbocycles. The first-order valence-electron chi connectivity index (χ1n) is 7.71. The van der Waals surface area contributed by atoms with Gasteiger partial charge in [-0.05, 0) is 25.1 Å². The van der Waals surface area contributed by atoms with Crippen LogP contribution < -0.4 is 16.4 Å². The number of hydrogen-bond donors (Lipinski definition) is 3. The number of rotatable bonds is 3. The van der Waals surface area contributed by atoms with Crippen molar-refractivity contribution in [2.75, 3.05) is 0 Å². The van der Waals surface area contributed by atoms with Gasteiger partial charge in [-0.2, -0.15) is 5.10 Å². The molecule has 136 valence electrons. The lowest BCUT2D eigenvalue weighted by atomic mass is 10.1. The first-order chi connectivity index (χ1) is 12.9. The number of nitro benzene ring substituents is 1. The number of carbonyl (C=O) groups is 2. The third-order valence-corrected chi connectivity index (χ3v) is 3.86. The van der Waals surface area contributed by atoms with E-state index in [-0.39, 0.29) is 22.3 Å². The molecule has 1 aromatic heterocycles. The standard InChI is InChI=1S/C17H13N5O5/c1-9-8-10(6-7-13(9)22(26)27)15(23)19-21-17(25)14-11-4-2-3-5-12(11)16(24)20-18-14/h2-8H,1H3,(H,19,23)(H,20,24)(H,21,25). The van der Waals surface area contributed by atoms with Gasteiger partial charge in [0.1, 0.15) is 0 Å². The minimum absolute atomic E-state index is 0.0645. The van der Waals surface area contributed by atoms with Crippen LogP contribution in [-0.4, -0.2) is 26.9 Å².